The maximum Gasteiger partial charge on any atom is 0.274 e. The number of aromatic nitrogens is 2. The Morgan fingerprint density at radius 1 is 1.17 bits per heavy atom. The van der Waals surface area contributed by atoms with E-state index in [1.54, 1.807) is 24.1 Å². The van der Waals surface area contributed by atoms with Gasteiger partial charge in [0.05, 0.1) is 0 Å². The fourth-order valence-corrected chi connectivity index (χ4v) is 1.66. The lowest BCUT2D eigenvalue weighted by atomic mass is 10.2. The van der Waals surface area contributed by atoms with Crippen LogP contribution < -0.4 is 0 Å². The number of carbonyl (C=O) groups is 1. The number of hydrogen-bond donors (Lipinski definition) is 0. The molecule has 18 heavy (non-hydrogen) atoms. The van der Waals surface area contributed by atoms with Crippen LogP contribution in [-0.4, -0.2) is 28.1 Å². The maximum atomic E-state index is 12.0. The minimum atomic E-state index is -0.178. The lowest BCUT2D eigenvalue weighted by molar-refractivity contribution is 0.0778. The van der Waals surface area contributed by atoms with Crippen molar-refractivity contribution in [2.45, 2.75) is 6.54 Å². The van der Waals surface area contributed by atoms with Gasteiger partial charge in [0.25, 0.3) is 5.91 Å². The Kier molecular flexibility index (Phi) is 3.89. The van der Waals surface area contributed by atoms with E-state index in [0.717, 1.165) is 5.56 Å². The molecule has 0 bridgehead atoms. The predicted molar refractivity (Wildman–Crippen MR) is 69.3 cm³/mol. The molecular formula is C13H12ClN3O. The van der Waals surface area contributed by atoms with Gasteiger partial charge in [-0.1, -0.05) is 41.9 Å². The first-order valence-electron chi connectivity index (χ1n) is 5.45. The van der Waals surface area contributed by atoms with E-state index in [1.165, 1.54) is 0 Å². The van der Waals surface area contributed by atoms with Gasteiger partial charge in [-0.15, -0.1) is 10.2 Å². The fraction of sp³-hybridized carbons (Fsp3) is 0.154. The van der Waals surface area contributed by atoms with Crippen LogP contribution in [0.4, 0.5) is 0 Å². The highest BCUT2D eigenvalue weighted by Gasteiger charge is 2.13. The lowest BCUT2D eigenvalue weighted by Gasteiger charge is -2.16. The topological polar surface area (TPSA) is 46.1 Å². The van der Waals surface area contributed by atoms with Crippen LogP contribution in [0.1, 0.15) is 16.1 Å². The second-order valence-corrected chi connectivity index (χ2v) is 4.28. The van der Waals surface area contributed by atoms with Gasteiger partial charge < -0.3 is 4.90 Å². The van der Waals surface area contributed by atoms with Crippen molar-refractivity contribution in [3.63, 3.8) is 0 Å². The third-order valence-electron chi connectivity index (χ3n) is 2.46. The molecular weight excluding hydrogens is 250 g/mol. The van der Waals surface area contributed by atoms with Crippen LogP contribution in [-0.2, 0) is 6.54 Å². The number of benzene rings is 1. The molecule has 0 saturated heterocycles. The monoisotopic (exact) mass is 261 g/mol. The average Bonchev–Trinajstić information content (AvgIpc) is 2.40. The van der Waals surface area contributed by atoms with Crippen LogP contribution in [0.3, 0.4) is 0 Å². The Labute approximate surface area is 110 Å². The first kappa shape index (κ1) is 12.5. The van der Waals surface area contributed by atoms with Crippen molar-refractivity contribution in [1.29, 1.82) is 0 Å². The highest BCUT2D eigenvalue weighted by molar-refractivity contribution is 6.29. The number of hydrogen-bond acceptors (Lipinski definition) is 3. The van der Waals surface area contributed by atoms with Gasteiger partial charge in [-0.2, -0.15) is 0 Å². The largest absolute Gasteiger partial charge is 0.336 e. The summed E-state index contributed by atoms with van der Waals surface area (Å²) in [7, 11) is 1.73. The van der Waals surface area contributed by atoms with Crippen molar-refractivity contribution in [2.24, 2.45) is 0 Å². The summed E-state index contributed by atoms with van der Waals surface area (Å²) < 4.78 is 0. The van der Waals surface area contributed by atoms with E-state index in [2.05, 4.69) is 10.2 Å². The molecule has 5 heteroatoms. The number of carbonyl (C=O) groups excluding carboxylic acids is 1. The summed E-state index contributed by atoms with van der Waals surface area (Å²) in [5.74, 6) is -0.178. The summed E-state index contributed by atoms with van der Waals surface area (Å²) in [4.78, 5) is 13.6. The molecule has 92 valence electrons. The number of rotatable bonds is 3. The minimum absolute atomic E-state index is 0.178. The molecule has 2 rings (SSSR count). The smallest absolute Gasteiger partial charge is 0.274 e. The Balaban J connectivity index is 2.07. The standard InChI is InChI=1S/C13H12ClN3O/c1-17(9-10-5-3-2-4-6-10)13(18)11-7-8-12(14)16-15-11/h2-8H,9H2,1H3. The number of nitrogens with zero attached hydrogens (tertiary/aromatic N) is 3. The van der Waals surface area contributed by atoms with Crippen LogP contribution in [0.25, 0.3) is 0 Å². The SMILES string of the molecule is CN(Cc1ccccc1)C(=O)c1ccc(Cl)nn1. The summed E-state index contributed by atoms with van der Waals surface area (Å²) in [6.45, 7) is 0.532. The molecule has 0 spiro atoms. The van der Waals surface area contributed by atoms with Crippen LogP contribution in [0.2, 0.25) is 5.15 Å². The zero-order chi connectivity index (χ0) is 13.0. The number of amides is 1. The molecule has 0 fully saturated rings. The quantitative estimate of drug-likeness (QED) is 0.852. The number of halogens is 1. The van der Waals surface area contributed by atoms with Gasteiger partial charge in [-0.3, -0.25) is 4.79 Å². The van der Waals surface area contributed by atoms with Crippen LogP contribution >= 0.6 is 11.6 Å². The van der Waals surface area contributed by atoms with E-state index in [1.807, 2.05) is 30.3 Å². The zero-order valence-electron chi connectivity index (χ0n) is 9.88. The van der Waals surface area contributed by atoms with E-state index in [0.29, 0.717) is 6.54 Å². The normalized spacial score (nSPS) is 10.1. The first-order chi connectivity index (χ1) is 8.66. The molecule has 0 N–H and O–H groups in total. The van der Waals surface area contributed by atoms with Gasteiger partial charge >= 0.3 is 0 Å². The second-order valence-electron chi connectivity index (χ2n) is 3.89. The van der Waals surface area contributed by atoms with Gasteiger partial charge in [0, 0.05) is 13.6 Å². The summed E-state index contributed by atoms with van der Waals surface area (Å²) in [5.41, 5.74) is 1.35. The van der Waals surface area contributed by atoms with Crippen molar-refractivity contribution in [2.75, 3.05) is 7.05 Å². The predicted octanol–water partition coefficient (Wildman–Crippen LogP) is 2.40. The molecule has 0 radical (unpaired) electrons. The lowest BCUT2D eigenvalue weighted by Crippen LogP contribution is -2.27. The van der Waals surface area contributed by atoms with Crippen molar-refractivity contribution in [3.05, 3.63) is 58.9 Å². The van der Waals surface area contributed by atoms with Gasteiger partial charge in [0.2, 0.25) is 0 Å². The van der Waals surface area contributed by atoms with E-state index >= 15 is 0 Å². The van der Waals surface area contributed by atoms with Gasteiger partial charge in [-0.05, 0) is 17.7 Å². The molecule has 1 aromatic carbocycles. The summed E-state index contributed by atoms with van der Waals surface area (Å²) in [6, 6.07) is 12.9. The van der Waals surface area contributed by atoms with E-state index in [9.17, 15) is 4.79 Å². The molecule has 4 nitrogen and oxygen atoms in total. The summed E-state index contributed by atoms with van der Waals surface area (Å²) in [6.07, 6.45) is 0. The van der Waals surface area contributed by atoms with Crippen molar-refractivity contribution in [1.82, 2.24) is 15.1 Å². The molecule has 1 aromatic heterocycles. The summed E-state index contributed by atoms with van der Waals surface area (Å²) in [5, 5.41) is 7.70. The van der Waals surface area contributed by atoms with E-state index in [4.69, 9.17) is 11.6 Å². The summed E-state index contributed by atoms with van der Waals surface area (Å²) >= 11 is 5.63. The third kappa shape index (κ3) is 3.05. The van der Waals surface area contributed by atoms with Crippen molar-refractivity contribution >= 4 is 17.5 Å². The van der Waals surface area contributed by atoms with Crippen molar-refractivity contribution in [3.8, 4) is 0 Å². The molecule has 1 heterocycles. The average molecular weight is 262 g/mol. The Morgan fingerprint density at radius 2 is 1.89 bits per heavy atom. The Morgan fingerprint density at radius 3 is 2.50 bits per heavy atom. The van der Waals surface area contributed by atoms with Gasteiger partial charge in [0.15, 0.2) is 10.8 Å². The molecule has 0 unspecified atom stereocenters. The first-order valence-corrected chi connectivity index (χ1v) is 5.83. The van der Waals surface area contributed by atoms with Gasteiger partial charge in [-0.25, -0.2) is 0 Å². The molecule has 2 aromatic rings. The second kappa shape index (κ2) is 5.60. The molecule has 1 amide bonds. The maximum absolute atomic E-state index is 12.0. The Bertz CT molecular complexity index is 528. The van der Waals surface area contributed by atoms with Crippen LogP contribution in [0.5, 0.6) is 0 Å². The molecule has 0 aliphatic heterocycles. The van der Waals surface area contributed by atoms with Crippen LogP contribution in [0.15, 0.2) is 42.5 Å². The Hall–Kier alpha value is -1.94. The molecule has 0 atom stereocenters. The van der Waals surface area contributed by atoms with Crippen LogP contribution in [0, 0.1) is 0 Å². The molecule has 0 aliphatic carbocycles. The van der Waals surface area contributed by atoms with Crippen molar-refractivity contribution < 1.29 is 4.79 Å². The van der Waals surface area contributed by atoms with E-state index in [-0.39, 0.29) is 16.8 Å². The fourth-order valence-electron chi connectivity index (χ4n) is 1.55. The van der Waals surface area contributed by atoms with E-state index < -0.39 is 0 Å². The highest BCUT2D eigenvalue weighted by Crippen LogP contribution is 2.08. The third-order valence-corrected chi connectivity index (χ3v) is 2.66. The highest BCUT2D eigenvalue weighted by atomic mass is 35.5. The van der Waals surface area contributed by atoms with Gasteiger partial charge in [0.1, 0.15) is 0 Å². The molecule has 0 aliphatic rings. The molecule has 0 saturated carbocycles. The minimum Gasteiger partial charge on any atom is -0.336 e. The zero-order valence-corrected chi connectivity index (χ0v) is 10.6.